The van der Waals surface area contributed by atoms with Gasteiger partial charge in [-0.15, -0.1) is 0 Å². The van der Waals surface area contributed by atoms with E-state index in [4.69, 9.17) is 21.0 Å². The first kappa shape index (κ1) is 19.6. The average Bonchev–Trinajstić information content (AvgIpc) is 3.48. The van der Waals surface area contributed by atoms with Crippen molar-refractivity contribution < 1.29 is 9.21 Å². The number of H-pyrrole nitrogens is 1. The second-order valence-corrected chi connectivity index (χ2v) is 8.15. The number of amides is 1. The molecule has 3 aromatic rings. The zero-order chi connectivity index (χ0) is 21.4. The zero-order valence-electron chi connectivity index (χ0n) is 16.9. The van der Waals surface area contributed by atoms with Gasteiger partial charge in [0, 0.05) is 11.7 Å². The number of aromatic nitrogens is 3. The highest BCUT2D eigenvalue weighted by Crippen LogP contribution is 2.34. The molecule has 10 heteroatoms. The molecule has 5 rings (SSSR count). The molecular weight excluding hydrogens is 418 g/mol. The number of hydrogen-bond acceptors (Lipinski definition) is 7. The molecule has 0 radical (unpaired) electrons. The Morgan fingerprint density at radius 3 is 2.81 bits per heavy atom. The summed E-state index contributed by atoms with van der Waals surface area (Å²) in [6, 6.07) is 7.32. The van der Waals surface area contributed by atoms with Gasteiger partial charge >= 0.3 is 6.01 Å². The third-order valence-corrected chi connectivity index (χ3v) is 5.89. The van der Waals surface area contributed by atoms with Crippen LogP contribution in [0.15, 0.2) is 51.1 Å². The van der Waals surface area contributed by atoms with Gasteiger partial charge in [0.25, 0.3) is 5.91 Å². The Hall–Kier alpha value is -3.33. The van der Waals surface area contributed by atoms with Crippen LogP contribution in [-0.4, -0.2) is 33.1 Å². The highest BCUT2D eigenvalue weighted by Gasteiger charge is 2.33. The number of benzene rings is 1. The van der Waals surface area contributed by atoms with E-state index in [1.165, 1.54) is 6.20 Å². The summed E-state index contributed by atoms with van der Waals surface area (Å²) < 4.78 is 5.73. The van der Waals surface area contributed by atoms with Gasteiger partial charge in [0.2, 0.25) is 5.96 Å². The van der Waals surface area contributed by atoms with Crippen molar-refractivity contribution in [3.8, 4) is 0 Å². The number of carbonyl (C=O) groups is 1. The summed E-state index contributed by atoms with van der Waals surface area (Å²) in [5.74, 6) is 0.245. The van der Waals surface area contributed by atoms with Crippen LogP contribution >= 0.6 is 11.6 Å². The van der Waals surface area contributed by atoms with Crippen LogP contribution in [0, 0.1) is 0 Å². The predicted molar refractivity (Wildman–Crippen MR) is 118 cm³/mol. The molecule has 1 amide bonds. The lowest BCUT2D eigenvalue weighted by Crippen LogP contribution is -2.41. The molecule has 1 fully saturated rings. The lowest BCUT2D eigenvalue weighted by atomic mass is 9.99. The summed E-state index contributed by atoms with van der Waals surface area (Å²) >= 11 is 6.33. The fraction of sp³-hybridized carbons (Fsp3) is 0.333. The van der Waals surface area contributed by atoms with Gasteiger partial charge in [-0.2, -0.15) is 10.1 Å². The maximum atomic E-state index is 13.2. The van der Waals surface area contributed by atoms with Gasteiger partial charge in [-0.3, -0.25) is 15.2 Å². The number of anilines is 1. The lowest BCUT2D eigenvalue weighted by Gasteiger charge is -2.26. The van der Waals surface area contributed by atoms with Gasteiger partial charge in [-0.1, -0.05) is 36.6 Å². The van der Waals surface area contributed by atoms with Crippen molar-refractivity contribution in [1.82, 2.24) is 25.8 Å². The van der Waals surface area contributed by atoms with Gasteiger partial charge in [0.15, 0.2) is 5.58 Å². The van der Waals surface area contributed by atoms with Gasteiger partial charge in [0.05, 0.1) is 22.5 Å². The van der Waals surface area contributed by atoms with Crippen molar-refractivity contribution in [3.05, 3.63) is 52.4 Å². The second kappa shape index (κ2) is 8.07. The Morgan fingerprint density at radius 1 is 1.26 bits per heavy atom. The summed E-state index contributed by atoms with van der Waals surface area (Å²) in [7, 11) is 0. The summed E-state index contributed by atoms with van der Waals surface area (Å²) in [6.45, 7) is 1.84. The number of oxazole rings is 1. The minimum Gasteiger partial charge on any atom is -0.423 e. The van der Waals surface area contributed by atoms with E-state index in [2.05, 4.69) is 31.1 Å². The van der Waals surface area contributed by atoms with Crippen molar-refractivity contribution in [2.45, 2.75) is 44.7 Å². The standard InChI is InChI=1S/C21H22ClN7O2/c1-11-16(19(30)25-12-6-2-3-7-12)18(17-13(22)10-23-29-17)27-20(24-11)28-21-26-14-8-4-5-9-15(14)31-21/h4-5,8-10,12,18H,2-3,6-7H2,1H3,(H,23,29)(H,25,30)(H2,24,26,27,28). The van der Waals surface area contributed by atoms with Gasteiger partial charge in [-0.25, -0.2) is 4.99 Å². The maximum absolute atomic E-state index is 13.2. The van der Waals surface area contributed by atoms with E-state index in [1.807, 2.05) is 31.2 Å². The molecule has 1 unspecified atom stereocenters. The second-order valence-electron chi connectivity index (χ2n) is 7.74. The van der Waals surface area contributed by atoms with Crippen molar-refractivity contribution >= 4 is 40.6 Å². The summed E-state index contributed by atoms with van der Waals surface area (Å²) in [6.07, 6.45) is 5.76. The number of fused-ring (bicyclic) bond motifs is 1. The van der Waals surface area contributed by atoms with Crippen LogP contribution in [0.1, 0.15) is 44.3 Å². The molecule has 0 bridgehead atoms. The van der Waals surface area contributed by atoms with Crippen LogP contribution in [-0.2, 0) is 4.79 Å². The van der Waals surface area contributed by atoms with E-state index in [0.717, 1.165) is 31.2 Å². The van der Waals surface area contributed by atoms with Crippen molar-refractivity contribution in [3.63, 3.8) is 0 Å². The molecule has 9 nitrogen and oxygen atoms in total. The number of allylic oxidation sites excluding steroid dienone is 1. The minimum atomic E-state index is -0.649. The highest BCUT2D eigenvalue weighted by atomic mass is 35.5. The van der Waals surface area contributed by atoms with Crippen LogP contribution in [0.5, 0.6) is 0 Å². The first-order valence-corrected chi connectivity index (χ1v) is 10.6. The molecule has 4 N–H and O–H groups in total. The summed E-state index contributed by atoms with van der Waals surface area (Å²) in [5, 5.41) is 16.7. The van der Waals surface area contributed by atoms with Gasteiger partial charge < -0.3 is 15.1 Å². The topological polar surface area (TPSA) is 120 Å². The zero-order valence-corrected chi connectivity index (χ0v) is 17.7. The number of nitrogens with zero attached hydrogens (tertiary/aromatic N) is 3. The number of para-hydroxylation sites is 2. The summed E-state index contributed by atoms with van der Waals surface area (Å²) in [5.41, 5.74) is 3.12. The number of rotatable bonds is 4. The van der Waals surface area contributed by atoms with Gasteiger partial charge in [0.1, 0.15) is 11.6 Å². The number of aromatic amines is 1. The quantitative estimate of drug-likeness (QED) is 0.492. The van der Waals surface area contributed by atoms with Crippen LogP contribution in [0.25, 0.3) is 11.1 Å². The molecular formula is C21H22ClN7O2. The van der Waals surface area contributed by atoms with Crippen LogP contribution < -0.4 is 16.0 Å². The molecule has 160 valence electrons. The number of hydrogen-bond donors (Lipinski definition) is 4. The van der Waals surface area contributed by atoms with Crippen LogP contribution in [0.2, 0.25) is 5.02 Å². The van der Waals surface area contributed by atoms with E-state index in [1.54, 1.807) is 0 Å². The third-order valence-electron chi connectivity index (χ3n) is 5.59. The Bertz CT molecular complexity index is 1160. The predicted octanol–water partition coefficient (Wildman–Crippen LogP) is 3.65. The average molecular weight is 440 g/mol. The molecule has 0 spiro atoms. The molecule has 1 aliphatic carbocycles. The largest absolute Gasteiger partial charge is 0.423 e. The number of carbonyl (C=O) groups excluding carboxylic acids is 1. The third kappa shape index (κ3) is 3.88. The number of halogens is 1. The lowest BCUT2D eigenvalue weighted by molar-refractivity contribution is -0.118. The molecule has 3 heterocycles. The Labute approximate surface area is 183 Å². The monoisotopic (exact) mass is 439 g/mol. The number of aliphatic imine (C=N–C) groups is 1. The number of guanidine groups is 1. The van der Waals surface area contributed by atoms with Crippen LogP contribution in [0.4, 0.5) is 6.01 Å². The fourth-order valence-corrected chi connectivity index (χ4v) is 4.27. The molecule has 1 saturated carbocycles. The highest BCUT2D eigenvalue weighted by molar-refractivity contribution is 6.31. The van der Waals surface area contributed by atoms with Crippen molar-refractivity contribution in [1.29, 1.82) is 0 Å². The Balaban J connectivity index is 1.45. The first-order chi connectivity index (χ1) is 15.1. The van der Waals surface area contributed by atoms with E-state index >= 15 is 0 Å². The van der Waals surface area contributed by atoms with E-state index in [0.29, 0.717) is 39.5 Å². The molecule has 1 aromatic carbocycles. The Morgan fingerprint density at radius 2 is 2.06 bits per heavy atom. The van der Waals surface area contributed by atoms with Crippen molar-refractivity contribution in [2.24, 2.45) is 4.99 Å². The van der Waals surface area contributed by atoms with Crippen molar-refractivity contribution in [2.75, 3.05) is 5.32 Å². The minimum absolute atomic E-state index is 0.155. The normalized spacial score (nSPS) is 19.4. The first-order valence-electron chi connectivity index (χ1n) is 10.3. The maximum Gasteiger partial charge on any atom is 0.302 e. The molecule has 2 aliphatic rings. The molecule has 0 saturated heterocycles. The number of nitrogens with one attached hydrogen (secondary N) is 4. The summed E-state index contributed by atoms with van der Waals surface area (Å²) in [4.78, 5) is 22.3. The smallest absolute Gasteiger partial charge is 0.302 e. The molecule has 2 aromatic heterocycles. The van der Waals surface area contributed by atoms with Gasteiger partial charge in [-0.05, 0) is 31.9 Å². The SMILES string of the molecule is CC1=C(C(=O)NC2CCCC2)C(c2[nH]ncc2Cl)N=C(Nc2nc3ccccc3o2)N1. The van der Waals surface area contributed by atoms with E-state index in [9.17, 15) is 4.79 Å². The molecule has 1 atom stereocenters. The molecule has 31 heavy (non-hydrogen) atoms. The Kier molecular flexibility index (Phi) is 5.11. The van der Waals surface area contributed by atoms with E-state index < -0.39 is 6.04 Å². The fourth-order valence-electron chi connectivity index (χ4n) is 4.08. The van der Waals surface area contributed by atoms with Crippen LogP contribution in [0.3, 0.4) is 0 Å². The van der Waals surface area contributed by atoms with E-state index in [-0.39, 0.29) is 11.9 Å². The molecule has 1 aliphatic heterocycles.